The van der Waals surface area contributed by atoms with Gasteiger partial charge in [-0.05, 0) is 20.4 Å². The SMILES string of the molecule is CCCNc1cncc(N2CCN(C)CC2C)n1. The van der Waals surface area contributed by atoms with Crippen LogP contribution in [0.15, 0.2) is 12.4 Å². The van der Waals surface area contributed by atoms with Gasteiger partial charge in [-0.2, -0.15) is 0 Å². The van der Waals surface area contributed by atoms with Crippen LogP contribution in [-0.2, 0) is 0 Å². The van der Waals surface area contributed by atoms with E-state index in [-0.39, 0.29) is 0 Å². The molecular formula is C13H23N5. The minimum Gasteiger partial charge on any atom is -0.369 e. The molecule has 0 radical (unpaired) electrons. The molecule has 1 N–H and O–H groups in total. The lowest BCUT2D eigenvalue weighted by Crippen LogP contribution is -2.50. The monoisotopic (exact) mass is 249 g/mol. The fraction of sp³-hybridized carbons (Fsp3) is 0.692. The maximum absolute atomic E-state index is 4.64. The van der Waals surface area contributed by atoms with Crippen LogP contribution in [0.2, 0.25) is 0 Å². The Kier molecular flexibility index (Phi) is 4.36. The van der Waals surface area contributed by atoms with Crippen LogP contribution in [0.3, 0.4) is 0 Å². The topological polar surface area (TPSA) is 44.3 Å². The molecule has 1 aliphatic heterocycles. The maximum Gasteiger partial charge on any atom is 0.149 e. The van der Waals surface area contributed by atoms with Gasteiger partial charge in [-0.1, -0.05) is 6.92 Å². The number of nitrogens with one attached hydrogen (secondary N) is 1. The highest BCUT2D eigenvalue weighted by Gasteiger charge is 2.22. The van der Waals surface area contributed by atoms with E-state index in [2.05, 4.69) is 46.0 Å². The highest BCUT2D eigenvalue weighted by atomic mass is 15.3. The van der Waals surface area contributed by atoms with E-state index < -0.39 is 0 Å². The van der Waals surface area contributed by atoms with E-state index in [1.807, 2.05) is 6.20 Å². The van der Waals surface area contributed by atoms with Crippen molar-refractivity contribution >= 4 is 11.6 Å². The fourth-order valence-electron chi connectivity index (χ4n) is 2.31. The van der Waals surface area contributed by atoms with E-state index in [9.17, 15) is 0 Å². The second kappa shape index (κ2) is 6.00. The summed E-state index contributed by atoms with van der Waals surface area (Å²) in [6.45, 7) is 8.50. The summed E-state index contributed by atoms with van der Waals surface area (Å²) < 4.78 is 0. The first kappa shape index (κ1) is 13.1. The molecule has 0 aliphatic carbocycles. The van der Waals surface area contributed by atoms with E-state index in [0.717, 1.165) is 44.2 Å². The molecule has 5 heteroatoms. The predicted octanol–water partition coefficient (Wildman–Crippen LogP) is 1.44. The van der Waals surface area contributed by atoms with E-state index in [1.165, 1.54) is 0 Å². The van der Waals surface area contributed by atoms with Crippen LogP contribution >= 0.6 is 0 Å². The minimum atomic E-state index is 0.486. The maximum atomic E-state index is 4.64. The van der Waals surface area contributed by atoms with Crippen molar-refractivity contribution < 1.29 is 0 Å². The molecular weight excluding hydrogens is 226 g/mol. The first-order valence-corrected chi connectivity index (χ1v) is 6.71. The summed E-state index contributed by atoms with van der Waals surface area (Å²) in [7, 11) is 2.17. The molecule has 1 saturated heterocycles. The highest BCUT2D eigenvalue weighted by Crippen LogP contribution is 2.18. The van der Waals surface area contributed by atoms with Gasteiger partial charge in [-0.3, -0.25) is 4.98 Å². The number of aromatic nitrogens is 2. The number of hydrogen-bond donors (Lipinski definition) is 1. The number of piperazine rings is 1. The zero-order chi connectivity index (χ0) is 13.0. The normalized spacial score (nSPS) is 21.1. The third-order valence-corrected chi connectivity index (χ3v) is 3.30. The van der Waals surface area contributed by atoms with Gasteiger partial charge in [0, 0.05) is 32.2 Å². The summed E-state index contributed by atoms with van der Waals surface area (Å²) in [5.74, 6) is 1.86. The number of likely N-dealkylation sites (N-methyl/N-ethyl adjacent to an activating group) is 1. The van der Waals surface area contributed by atoms with Gasteiger partial charge in [-0.15, -0.1) is 0 Å². The van der Waals surface area contributed by atoms with Gasteiger partial charge in [-0.25, -0.2) is 4.98 Å². The summed E-state index contributed by atoms with van der Waals surface area (Å²) in [6.07, 6.45) is 4.75. The quantitative estimate of drug-likeness (QED) is 0.874. The molecule has 0 amide bonds. The molecule has 100 valence electrons. The van der Waals surface area contributed by atoms with Gasteiger partial charge in [0.1, 0.15) is 11.6 Å². The van der Waals surface area contributed by atoms with Crippen LogP contribution in [0, 0.1) is 0 Å². The Balaban J connectivity index is 2.07. The first-order valence-electron chi connectivity index (χ1n) is 6.71. The average molecular weight is 249 g/mol. The Bertz CT molecular complexity index is 381. The summed E-state index contributed by atoms with van der Waals surface area (Å²) in [5.41, 5.74) is 0. The van der Waals surface area contributed by atoms with Gasteiger partial charge < -0.3 is 15.1 Å². The van der Waals surface area contributed by atoms with Gasteiger partial charge >= 0.3 is 0 Å². The van der Waals surface area contributed by atoms with E-state index in [0.29, 0.717) is 6.04 Å². The molecule has 1 atom stereocenters. The molecule has 1 fully saturated rings. The minimum absolute atomic E-state index is 0.486. The number of nitrogens with zero attached hydrogens (tertiary/aromatic N) is 4. The smallest absolute Gasteiger partial charge is 0.149 e. The van der Waals surface area contributed by atoms with Crippen molar-refractivity contribution in [3.8, 4) is 0 Å². The van der Waals surface area contributed by atoms with Crippen molar-refractivity contribution in [2.24, 2.45) is 0 Å². The van der Waals surface area contributed by atoms with Crippen LogP contribution in [-0.4, -0.2) is 54.1 Å². The second-order valence-electron chi connectivity index (χ2n) is 4.99. The van der Waals surface area contributed by atoms with Gasteiger partial charge in [0.2, 0.25) is 0 Å². The highest BCUT2D eigenvalue weighted by molar-refractivity contribution is 5.45. The average Bonchev–Trinajstić information content (AvgIpc) is 2.36. The standard InChI is InChI=1S/C13H23N5/c1-4-5-15-12-8-14-9-13(16-12)18-7-6-17(3)10-11(18)2/h8-9,11H,4-7,10H2,1-3H3,(H,15,16). The van der Waals surface area contributed by atoms with Crippen LogP contribution in [0.1, 0.15) is 20.3 Å². The van der Waals surface area contributed by atoms with Crippen molar-refractivity contribution in [2.75, 3.05) is 43.4 Å². The Morgan fingerprint density at radius 1 is 1.39 bits per heavy atom. The summed E-state index contributed by atoms with van der Waals surface area (Å²) in [6, 6.07) is 0.486. The van der Waals surface area contributed by atoms with Crippen LogP contribution in [0.25, 0.3) is 0 Å². The van der Waals surface area contributed by atoms with Crippen molar-refractivity contribution in [3.05, 3.63) is 12.4 Å². The van der Waals surface area contributed by atoms with Crippen molar-refractivity contribution in [2.45, 2.75) is 26.3 Å². The molecule has 18 heavy (non-hydrogen) atoms. The van der Waals surface area contributed by atoms with Crippen LogP contribution in [0.5, 0.6) is 0 Å². The Morgan fingerprint density at radius 3 is 2.94 bits per heavy atom. The molecule has 1 aliphatic rings. The molecule has 0 spiro atoms. The Morgan fingerprint density at radius 2 is 2.22 bits per heavy atom. The third kappa shape index (κ3) is 3.10. The summed E-state index contributed by atoms with van der Waals surface area (Å²) in [4.78, 5) is 13.6. The Labute approximate surface area is 109 Å². The fourth-order valence-corrected chi connectivity index (χ4v) is 2.31. The molecule has 1 unspecified atom stereocenters. The number of anilines is 2. The summed E-state index contributed by atoms with van der Waals surface area (Å²) >= 11 is 0. The van der Waals surface area contributed by atoms with E-state index in [1.54, 1.807) is 6.20 Å². The number of rotatable bonds is 4. The lowest BCUT2D eigenvalue weighted by molar-refractivity contribution is 0.274. The van der Waals surface area contributed by atoms with Gasteiger partial charge in [0.15, 0.2) is 0 Å². The summed E-state index contributed by atoms with van der Waals surface area (Å²) in [5, 5.41) is 3.29. The molecule has 0 saturated carbocycles. The zero-order valence-corrected chi connectivity index (χ0v) is 11.6. The van der Waals surface area contributed by atoms with Gasteiger partial charge in [0.25, 0.3) is 0 Å². The zero-order valence-electron chi connectivity index (χ0n) is 11.6. The number of hydrogen-bond acceptors (Lipinski definition) is 5. The molecule has 5 nitrogen and oxygen atoms in total. The predicted molar refractivity (Wildman–Crippen MR) is 75.1 cm³/mol. The molecule has 2 heterocycles. The van der Waals surface area contributed by atoms with Crippen molar-refractivity contribution in [3.63, 3.8) is 0 Å². The van der Waals surface area contributed by atoms with E-state index >= 15 is 0 Å². The second-order valence-corrected chi connectivity index (χ2v) is 4.99. The molecule has 2 rings (SSSR count). The van der Waals surface area contributed by atoms with Crippen LogP contribution in [0.4, 0.5) is 11.6 Å². The van der Waals surface area contributed by atoms with Crippen molar-refractivity contribution in [1.29, 1.82) is 0 Å². The van der Waals surface area contributed by atoms with Crippen molar-refractivity contribution in [1.82, 2.24) is 14.9 Å². The van der Waals surface area contributed by atoms with Gasteiger partial charge in [0.05, 0.1) is 12.4 Å². The largest absolute Gasteiger partial charge is 0.369 e. The molecule has 1 aromatic heterocycles. The molecule has 0 bridgehead atoms. The third-order valence-electron chi connectivity index (χ3n) is 3.30. The lowest BCUT2D eigenvalue weighted by Gasteiger charge is -2.38. The molecule has 0 aromatic carbocycles. The molecule has 1 aromatic rings. The Hall–Kier alpha value is -1.36. The first-order chi connectivity index (χ1) is 8.70. The van der Waals surface area contributed by atoms with E-state index in [4.69, 9.17) is 0 Å². The lowest BCUT2D eigenvalue weighted by atomic mass is 10.2. The van der Waals surface area contributed by atoms with Crippen LogP contribution < -0.4 is 10.2 Å².